The summed E-state index contributed by atoms with van der Waals surface area (Å²) in [7, 11) is 0. The number of carbonyl (C=O) groups is 1. The van der Waals surface area contributed by atoms with Crippen LogP contribution in [0.25, 0.3) is 22.4 Å². The van der Waals surface area contributed by atoms with E-state index in [0.29, 0.717) is 18.4 Å². The number of hydrogen-bond acceptors (Lipinski definition) is 4. The summed E-state index contributed by atoms with van der Waals surface area (Å²) in [6, 6.07) is 17.0. The molecule has 0 unspecified atom stereocenters. The SMILES string of the molecule is CSCCc1c(-c2cccc(F)c2)c(-c2ccccc2)nn1C[C@H]1CC[C@@H](COCC(=O)O)CC1. The van der Waals surface area contributed by atoms with E-state index >= 15 is 0 Å². The predicted octanol–water partition coefficient (Wildman–Crippen LogP) is 6.17. The van der Waals surface area contributed by atoms with Gasteiger partial charge in [0.15, 0.2) is 0 Å². The van der Waals surface area contributed by atoms with Crippen molar-refractivity contribution in [1.29, 1.82) is 0 Å². The zero-order valence-electron chi connectivity index (χ0n) is 20.2. The van der Waals surface area contributed by atoms with Gasteiger partial charge in [-0.05, 0) is 73.6 Å². The summed E-state index contributed by atoms with van der Waals surface area (Å²) in [4.78, 5) is 10.7. The summed E-state index contributed by atoms with van der Waals surface area (Å²) in [5, 5.41) is 13.9. The number of hydrogen-bond donors (Lipinski definition) is 1. The van der Waals surface area contributed by atoms with E-state index in [1.807, 2.05) is 24.3 Å². The Labute approximate surface area is 210 Å². The molecule has 1 aromatic heterocycles. The van der Waals surface area contributed by atoms with E-state index in [4.69, 9.17) is 14.9 Å². The van der Waals surface area contributed by atoms with E-state index in [0.717, 1.165) is 72.5 Å². The number of benzene rings is 2. The molecule has 1 heterocycles. The minimum atomic E-state index is -0.918. The maximum absolute atomic E-state index is 14.2. The van der Waals surface area contributed by atoms with Crippen molar-refractivity contribution in [2.45, 2.75) is 38.6 Å². The highest BCUT2D eigenvalue weighted by molar-refractivity contribution is 7.98. The van der Waals surface area contributed by atoms with Gasteiger partial charge < -0.3 is 9.84 Å². The van der Waals surface area contributed by atoms with E-state index in [2.05, 4.69) is 23.1 Å². The lowest BCUT2D eigenvalue weighted by Gasteiger charge is -2.28. The van der Waals surface area contributed by atoms with Gasteiger partial charge in [-0.2, -0.15) is 16.9 Å². The largest absolute Gasteiger partial charge is 0.480 e. The Morgan fingerprint density at radius 3 is 2.49 bits per heavy atom. The Balaban J connectivity index is 1.60. The summed E-state index contributed by atoms with van der Waals surface area (Å²) in [5.41, 5.74) is 5.00. The van der Waals surface area contributed by atoms with Gasteiger partial charge in [0.1, 0.15) is 18.1 Å². The Bertz CT molecular complexity index is 1110. The van der Waals surface area contributed by atoms with Crippen molar-refractivity contribution in [3.8, 4) is 22.4 Å². The summed E-state index contributed by atoms with van der Waals surface area (Å²) in [6.07, 6.45) is 7.18. The highest BCUT2D eigenvalue weighted by atomic mass is 32.2. The number of carboxylic acid groups (broad SMARTS) is 1. The molecule has 7 heteroatoms. The van der Waals surface area contributed by atoms with Gasteiger partial charge in [-0.15, -0.1) is 0 Å². The van der Waals surface area contributed by atoms with Crippen LogP contribution >= 0.6 is 11.8 Å². The molecule has 1 aliphatic rings. The molecule has 5 nitrogen and oxygen atoms in total. The molecular weight excluding hydrogens is 463 g/mol. The second-order valence-electron chi connectivity index (χ2n) is 9.27. The van der Waals surface area contributed by atoms with Crippen LogP contribution in [0, 0.1) is 17.7 Å². The first-order valence-electron chi connectivity index (χ1n) is 12.2. The molecular formula is C28H33FN2O3S. The first-order valence-corrected chi connectivity index (χ1v) is 13.6. The zero-order valence-corrected chi connectivity index (χ0v) is 21.0. The lowest BCUT2D eigenvalue weighted by Crippen LogP contribution is -2.24. The molecule has 186 valence electrons. The number of halogens is 1. The normalized spacial score (nSPS) is 18.0. The molecule has 0 bridgehead atoms. The van der Waals surface area contributed by atoms with E-state index in [-0.39, 0.29) is 12.4 Å². The van der Waals surface area contributed by atoms with Crippen LogP contribution in [0.15, 0.2) is 54.6 Å². The fourth-order valence-corrected chi connectivity index (χ4v) is 5.38. The van der Waals surface area contributed by atoms with Crippen molar-refractivity contribution < 1.29 is 19.0 Å². The maximum atomic E-state index is 14.2. The van der Waals surface area contributed by atoms with Gasteiger partial charge in [0, 0.05) is 23.4 Å². The molecule has 4 rings (SSSR count). The van der Waals surface area contributed by atoms with Crippen LogP contribution in [0.1, 0.15) is 31.4 Å². The number of aliphatic carboxylic acids is 1. The first-order chi connectivity index (χ1) is 17.0. The van der Waals surface area contributed by atoms with Gasteiger partial charge in [0.25, 0.3) is 0 Å². The van der Waals surface area contributed by atoms with Crippen molar-refractivity contribution in [2.75, 3.05) is 25.2 Å². The molecule has 3 aromatic rings. The maximum Gasteiger partial charge on any atom is 0.329 e. The van der Waals surface area contributed by atoms with Gasteiger partial charge in [0.05, 0.1) is 6.61 Å². The third-order valence-corrected chi connectivity index (χ3v) is 7.35. The van der Waals surface area contributed by atoms with Gasteiger partial charge in [-0.3, -0.25) is 4.68 Å². The molecule has 0 spiro atoms. The number of rotatable bonds is 11. The minimum absolute atomic E-state index is 0.225. The smallest absolute Gasteiger partial charge is 0.329 e. The van der Waals surface area contributed by atoms with Gasteiger partial charge >= 0.3 is 5.97 Å². The molecule has 1 aliphatic carbocycles. The standard InChI is InChI=1S/C28H33FN2O3S/c1-35-15-14-25-27(23-8-5-9-24(29)16-23)28(22-6-3-2-4-7-22)30-31(25)17-20-10-12-21(13-11-20)18-34-19-26(32)33/h2-9,16,20-21H,10-15,17-19H2,1H3,(H,32,33)/t20-,21+. The Morgan fingerprint density at radius 1 is 1.09 bits per heavy atom. The molecule has 0 amide bonds. The summed E-state index contributed by atoms with van der Waals surface area (Å²) >= 11 is 1.80. The highest BCUT2D eigenvalue weighted by Gasteiger charge is 2.26. The number of aromatic nitrogens is 2. The fourth-order valence-electron chi connectivity index (χ4n) is 4.98. The second-order valence-corrected chi connectivity index (χ2v) is 10.3. The lowest BCUT2D eigenvalue weighted by molar-refractivity contribution is -0.142. The van der Waals surface area contributed by atoms with E-state index in [1.54, 1.807) is 23.9 Å². The third-order valence-electron chi connectivity index (χ3n) is 6.74. The molecule has 0 atom stereocenters. The fraction of sp³-hybridized carbons (Fsp3) is 0.429. The molecule has 2 aromatic carbocycles. The number of ether oxygens (including phenoxy) is 1. The highest BCUT2D eigenvalue weighted by Crippen LogP contribution is 2.37. The van der Waals surface area contributed by atoms with Crippen LogP contribution < -0.4 is 0 Å². The third kappa shape index (κ3) is 6.73. The van der Waals surface area contributed by atoms with Crippen LogP contribution in [-0.2, 0) is 22.5 Å². The molecule has 0 radical (unpaired) electrons. The average molecular weight is 497 g/mol. The number of thioether (sulfide) groups is 1. The van der Waals surface area contributed by atoms with Crippen molar-refractivity contribution >= 4 is 17.7 Å². The van der Waals surface area contributed by atoms with Gasteiger partial charge in [-0.25, -0.2) is 9.18 Å². The van der Waals surface area contributed by atoms with Crippen molar-refractivity contribution in [2.24, 2.45) is 11.8 Å². The molecule has 1 fully saturated rings. The Kier molecular flexibility index (Phi) is 8.99. The Hall–Kier alpha value is -2.64. The molecule has 0 saturated heterocycles. The second kappa shape index (κ2) is 12.4. The summed E-state index contributed by atoms with van der Waals surface area (Å²) < 4.78 is 21.7. The lowest BCUT2D eigenvalue weighted by atomic mass is 9.82. The van der Waals surface area contributed by atoms with Gasteiger partial charge in [-0.1, -0.05) is 42.5 Å². The predicted molar refractivity (Wildman–Crippen MR) is 139 cm³/mol. The van der Waals surface area contributed by atoms with Crippen LogP contribution in [-0.4, -0.2) is 46.1 Å². The summed E-state index contributed by atoms with van der Waals surface area (Å²) in [6.45, 7) is 1.13. The molecule has 1 saturated carbocycles. The van der Waals surface area contributed by atoms with Crippen molar-refractivity contribution in [3.63, 3.8) is 0 Å². The topological polar surface area (TPSA) is 64.4 Å². The number of nitrogens with zero attached hydrogens (tertiary/aromatic N) is 2. The van der Waals surface area contributed by atoms with E-state index in [1.165, 1.54) is 6.07 Å². The van der Waals surface area contributed by atoms with Crippen molar-refractivity contribution in [3.05, 3.63) is 66.1 Å². The average Bonchev–Trinajstić information content (AvgIpc) is 3.22. The van der Waals surface area contributed by atoms with Crippen LogP contribution in [0.3, 0.4) is 0 Å². The van der Waals surface area contributed by atoms with E-state index < -0.39 is 5.97 Å². The first kappa shape index (κ1) is 25.5. The quantitative estimate of drug-likeness (QED) is 0.344. The zero-order chi connectivity index (χ0) is 24.6. The Morgan fingerprint density at radius 2 is 1.80 bits per heavy atom. The van der Waals surface area contributed by atoms with Crippen molar-refractivity contribution in [1.82, 2.24) is 9.78 Å². The molecule has 0 aliphatic heterocycles. The van der Waals surface area contributed by atoms with Crippen LogP contribution in [0.2, 0.25) is 0 Å². The summed E-state index contributed by atoms with van der Waals surface area (Å²) in [5.74, 6) is 0.729. The molecule has 1 N–H and O–H groups in total. The van der Waals surface area contributed by atoms with Crippen LogP contribution in [0.4, 0.5) is 4.39 Å². The van der Waals surface area contributed by atoms with Crippen LogP contribution in [0.5, 0.6) is 0 Å². The minimum Gasteiger partial charge on any atom is -0.480 e. The molecule has 35 heavy (non-hydrogen) atoms. The van der Waals surface area contributed by atoms with Gasteiger partial charge in [0.2, 0.25) is 0 Å². The van der Waals surface area contributed by atoms with E-state index in [9.17, 15) is 9.18 Å². The number of carboxylic acids is 1. The monoisotopic (exact) mass is 496 g/mol.